The minimum atomic E-state index is -0.784. The van der Waals surface area contributed by atoms with Gasteiger partial charge < -0.3 is 14.6 Å². The van der Waals surface area contributed by atoms with Crippen LogP contribution in [0.4, 0.5) is 5.69 Å². The second-order valence-corrected chi connectivity index (χ2v) is 5.75. The predicted molar refractivity (Wildman–Crippen MR) is 95.1 cm³/mol. The highest BCUT2D eigenvalue weighted by molar-refractivity contribution is 5.94. The van der Waals surface area contributed by atoms with Gasteiger partial charge in [0.15, 0.2) is 0 Å². The van der Waals surface area contributed by atoms with Crippen LogP contribution in [0.25, 0.3) is 10.9 Å². The van der Waals surface area contributed by atoms with Crippen molar-refractivity contribution in [1.82, 2.24) is 9.55 Å². The molecule has 0 fully saturated rings. The summed E-state index contributed by atoms with van der Waals surface area (Å²) < 4.78 is 6.99. The number of methoxy groups -OCH3 is 1. The van der Waals surface area contributed by atoms with E-state index in [0.717, 1.165) is 16.5 Å². The Balaban J connectivity index is 1.77. The molecule has 6 heteroatoms. The molecule has 25 heavy (non-hydrogen) atoms. The first-order valence-corrected chi connectivity index (χ1v) is 7.86. The highest BCUT2D eigenvalue weighted by Gasteiger charge is 2.21. The van der Waals surface area contributed by atoms with E-state index >= 15 is 0 Å². The van der Waals surface area contributed by atoms with Gasteiger partial charge in [-0.05, 0) is 24.1 Å². The van der Waals surface area contributed by atoms with Crippen LogP contribution in [-0.4, -0.2) is 22.6 Å². The van der Waals surface area contributed by atoms with Gasteiger partial charge in [-0.2, -0.15) is 5.26 Å². The molecule has 1 amide bonds. The van der Waals surface area contributed by atoms with E-state index in [1.165, 1.54) is 13.3 Å². The lowest BCUT2D eigenvalue weighted by Gasteiger charge is -2.10. The Morgan fingerprint density at radius 3 is 2.84 bits per heavy atom. The van der Waals surface area contributed by atoms with E-state index in [-0.39, 0.29) is 5.91 Å². The molecule has 0 aliphatic heterocycles. The monoisotopic (exact) mass is 334 g/mol. The molecule has 0 bridgehead atoms. The second-order valence-electron chi connectivity index (χ2n) is 5.75. The van der Waals surface area contributed by atoms with E-state index in [4.69, 9.17) is 4.74 Å². The molecule has 3 aromatic rings. The molecule has 0 saturated heterocycles. The van der Waals surface area contributed by atoms with Crippen molar-refractivity contribution >= 4 is 22.5 Å². The number of hydrogen-bond donors (Lipinski definition) is 1. The van der Waals surface area contributed by atoms with Gasteiger partial charge in [0.05, 0.1) is 25.1 Å². The van der Waals surface area contributed by atoms with Crippen LogP contribution >= 0.6 is 0 Å². The fourth-order valence-electron chi connectivity index (χ4n) is 2.81. The molecule has 0 radical (unpaired) electrons. The molecule has 0 spiro atoms. The fourth-order valence-corrected chi connectivity index (χ4v) is 2.81. The number of benzene rings is 1. The summed E-state index contributed by atoms with van der Waals surface area (Å²) in [7, 11) is 3.48. The summed E-state index contributed by atoms with van der Waals surface area (Å²) in [5.41, 5.74) is 2.59. The van der Waals surface area contributed by atoms with Crippen LogP contribution in [0, 0.1) is 17.2 Å². The average Bonchev–Trinajstić information content (AvgIpc) is 2.96. The van der Waals surface area contributed by atoms with Crippen LogP contribution < -0.4 is 10.1 Å². The maximum absolute atomic E-state index is 12.4. The molecule has 126 valence electrons. The number of aromatic nitrogens is 2. The summed E-state index contributed by atoms with van der Waals surface area (Å²) >= 11 is 0. The van der Waals surface area contributed by atoms with Gasteiger partial charge in [-0.1, -0.05) is 18.2 Å². The van der Waals surface area contributed by atoms with Crippen molar-refractivity contribution in [3.63, 3.8) is 0 Å². The average molecular weight is 334 g/mol. The maximum atomic E-state index is 12.4. The lowest BCUT2D eigenvalue weighted by Crippen LogP contribution is -2.23. The zero-order valence-electron chi connectivity index (χ0n) is 14.1. The molecule has 1 unspecified atom stereocenters. The summed E-state index contributed by atoms with van der Waals surface area (Å²) in [5.74, 6) is -0.666. The highest BCUT2D eigenvalue weighted by atomic mass is 16.5. The number of fused-ring (bicyclic) bond motifs is 1. The minimum Gasteiger partial charge on any atom is -0.481 e. The number of pyridine rings is 1. The maximum Gasteiger partial charge on any atom is 0.242 e. The number of nitrogens with zero attached hydrogens (tertiary/aromatic N) is 3. The van der Waals surface area contributed by atoms with Crippen LogP contribution in [0.5, 0.6) is 5.88 Å². The van der Waals surface area contributed by atoms with E-state index in [9.17, 15) is 10.1 Å². The zero-order chi connectivity index (χ0) is 17.8. The largest absolute Gasteiger partial charge is 0.481 e. The summed E-state index contributed by atoms with van der Waals surface area (Å²) in [4.78, 5) is 16.5. The number of carbonyl (C=O) groups excluding carboxylic acids is 1. The van der Waals surface area contributed by atoms with Crippen LogP contribution in [0.3, 0.4) is 0 Å². The lowest BCUT2D eigenvalue weighted by molar-refractivity contribution is -0.118. The SMILES string of the molecule is COc1ccc(NC(=O)C(C#N)Cc2cn(C)c3ccccc23)cn1. The van der Waals surface area contributed by atoms with Crippen molar-refractivity contribution in [3.05, 3.63) is 54.4 Å². The number of amides is 1. The van der Waals surface area contributed by atoms with Crippen LogP contribution in [0.15, 0.2) is 48.8 Å². The fraction of sp³-hybridized carbons (Fsp3) is 0.211. The van der Waals surface area contributed by atoms with Crippen molar-refractivity contribution in [2.24, 2.45) is 13.0 Å². The lowest BCUT2D eigenvalue weighted by atomic mass is 9.99. The van der Waals surface area contributed by atoms with Crippen molar-refractivity contribution in [2.75, 3.05) is 12.4 Å². The Morgan fingerprint density at radius 1 is 1.36 bits per heavy atom. The molecular weight excluding hydrogens is 316 g/mol. The number of nitrogens with one attached hydrogen (secondary N) is 1. The number of hydrogen-bond acceptors (Lipinski definition) is 4. The summed E-state index contributed by atoms with van der Waals surface area (Å²) in [5, 5.41) is 13.2. The Hall–Kier alpha value is -3.33. The van der Waals surface area contributed by atoms with Gasteiger partial charge in [0, 0.05) is 30.2 Å². The van der Waals surface area contributed by atoms with Gasteiger partial charge in [0.2, 0.25) is 11.8 Å². The molecule has 2 heterocycles. The number of ether oxygens (including phenoxy) is 1. The van der Waals surface area contributed by atoms with Crippen LogP contribution in [0.2, 0.25) is 0 Å². The van der Waals surface area contributed by atoms with Gasteiger partial charge >= 0.3 is 0 Å². The van der Waals surface area contributed by atoms with Gasteiger partial charge in [-0.3, -0.25) is 4.79 Å². The molecule has 0 saturated carbocycles. The summed E-state index contributed by atoms with van der Waals surface area (Å²) in [6.07, 6.45) is 3.83. The van der Waals surface area contributed by atoms with E-state index in [1.54, 1.807) is 12.1 Å². The molecule has 1 atom stereocenters. The molecule has 1 aromatic carbocycles. The van der Waals surface area contributed by atoms with Crippen molar-refractivity contribution in [2.45, 2.75) is 6.42 Å². The minimum absolute atomic E-state index is 0.345. The predicted octanol–water partition coefficient (Wildman–Crippen LogP) is 2.90. The number of aryl methyl sites for hydroxylation is 1. The second kappa shape index (κ2) is 7.05. The van der Waals surface area contributed by atoms with Crippen molar-refractivity contribution in [1.29, 1.82) is 5.26 Å². The quantitative estimate of drug-likeness (QED) is 0.778. The molecule has 1 N–H and O–H groups in total. The molecule has 2 aromatic heterocycles. The number of rotatable bonds is 5. The molecular formula is C19H18N4O2. The summed E-state index contributed by atoms with van der Waals surface area (Å²) in [6.45, 7) is 0. The van der Waals surface area contributed by atoms with E-state index in [0.29, 0.717) is 18.0 Å². The topological polar surface area (TPSA) is 79.9 Å². The summed E-state index contributed by atoms with van der Waals surface area (Å²) in [6, 6.07) is 13.4. The standard InChI is InChI=1S/C19H18N4O2/c1-23-12-14(16-5-3-4-6-17(16)23)9-13(10-20)19(24)22-15-7-8-18(25-2)21-11-15/h3-8,11-13H,9H2,1-2H3,(H,22,24). The normalized spacial score (nSPS) is 11.7. The van der Waals surface area contributed by atoms with Crippen molar-refractivity contribution < 1.29 is 9.53 Å². The number of para-hydroxylation sites is 1. The van der Waals surface area contributed by atoms with E-state index in [1.807, 2.05) is 42.1 Å². The molecule has 3 rings (SSSR count). The number of anilines is 1. The van der Waals surface area contributed by atoms with E-state index < -0.39 is 5.92 Å². The highest BCUT2D eigenvalue weighted by Crippen LogP contribution is 2.23. The van der Waals surface area contributed by atoms with Gasteiger partial charge in [-0.15, -0.1) is 0 Å². The van der Waals surface area contributed by atoms with Crippen LogP contribution in [-0.2, 0) is 18.3 Å². The van der Waals surface area contributed by atoms with Crippen molar-refractivity contribution in [3.8, 4) is 11.9 Å². The Bertz CT molecular complexity index is 938. The Kier molecular flexibility index (Phi) is 4.66. The number of nitriles is 1. The molecule has 0 aliphatic carbocycles. The molecule has 0 aliphatic rings. The first-order chi connectivity index (χ1) is 12.1. The first kappa shape index (κ1) is 16.5. The number of carbonyl (C=O) groups is 1. The third-order valence-corrected chi connectivity index (χ3v) is 4.09. The third-order valence-electron chi connectivity index (χ3n) is 4.09. The zero-order valence-corrected chi connectivity index (χ0v) is 14.1. The van der Waals surface area contributed by atoms with Gasteiger partial charge in [0.25, 0.3) is 0 Å². The van der Waals surface area contributed by atoms with Gasteiger partial charge in [0.1, 0.15) is 5.92 Å². The first-order valence-electron chi connectivity index (χ1n) is 7.86. The molecule has 6 nitrogen and oxygen atoms in total. The Morgan fingerprint density at radius 2 is 2.16 bits per heavy atom. The smallest absolute Gasteiger partial charge is 0.242 e. The van der Waals surface area contributed by atoms with Crippen LogP contribution in [0.1, 0.15) is 5.56 Å². The van der Waals surface area contributed by atoms with E-state index in [2.05, 4.69) is 16.4 Å². The Labute approximate surface area is 145 Å². The van der Waals surface area contributed by atoms with Gasteiger partial charge in [-0.25, -0.2) is 4.98 Å². The third kappa shape index (κ3) is 3.45.